The van der Waals surface area contributed by atoms with E-state index in [0.717, 1.165) is 0 Å². The molecule has 12 heavy (non-hydrogen) atoms. The number of amides is 1. The van der Waals surface area contributed by atoms with Crippen molar-refractivity contribution in [3.8, 4) is 0 Å². The summed E-state index contributed by atoms with van der Waals surface area (Å²) in [5.74, 6) is -0.922. The number of carbonyl (C=O) groups excluding carboxylic acids is 1. The number of rotatable bonds is 1. The van der Waals surface area contributed by atoms with E-state index in [9.17, 15) is 9.90 Å². The topological polar surface area (TPSA) is 69.8 Å². The van der Waals surface area contributed by atoms with Crippen LogP contribution in [0.2, 0.25) is 0 Å². The van der Waals surface area contributed by atoms with Crippen molar-refractivity contribution < 1.29 is 9.90 Å². The summed E-state index contributed by atoms with van der Waals surface area (Å²) in [4.78, 5) is 14.5. The molecule has 1 amide bonds. The minimum Gasteiger partial charge on any atom is -0.377 e. The van der Waals surface area contributed by atoms with Crippen LogP contribution >= 0.6 is 0 Å². The third kappa shape index (κ3) is 1.74. The number of hydrogen-bond acceptors (Lipinski definition) is 4. The van der Waals surface area contributed by atoms with Crippen molar-refractivity contribution in [2.75, 3.05) is 27.3 Å². The summed E-state index contributed by atoms with van der Waals surface area (Å²) in [5, 5.41) is 9.52. The Kier molecular flexibility index (Phi) is 2.66. The van der Waals surface area contributed by atoms with E-state index in [1.54, 1.807) is 11.9 Å². The quantitative estimate of drug-likeness (QED) is 0.493. The molecular formula is C7H15N3O2. The zero-order valence-corrected chi connectivity index (χ0v) is 7.40. The van der Waals surface area contributed by atoms with Crippen LogP contribution in [0.3, 0.4) is 0 Å². The zero-order valence-electron chi connectivity index (χ0n) is 7.40. The number of aliphatic hydroxyl groups excluding tert-OH is 1. The fraction of sp³-hybridized carbons (Fsp3) is 0.857. The second-order valence-corrected chi connectivity index (χ2v) is 3.36. The molecule has 1 saturated heterocycles. The number of nitrogens with two attached hydrogens (primary N) is 1. The lowest BCUT2D eigenvalue weighted by Gasteiger charge is -2.39. The first-order valence-electron chi connectivity index (χ1n) is 3.88. The van der Waals surface area contributed by atoms with Crippen molar-refractivity contribution in [3.05, 3.63) is 0 Å². The average Bonchev–Trinajstić information content (AvgIpc) is 1.96. The molecular weight excluding hydrogens is 158 g/mol. The van der Waals surface area contributed by atoms with Gasteiger partial charge in [-0.25, -0.2) is 0 Å². The van der Waals surface area contributed by atoms with Gasteiger partial charge in [-0.3, -0.25) is 14.6 Å². The highest BCUT2D eigenvalue weighted by Crippen LogP contribution is 2.14. The fourth-order valence-electron chi connectivity index (χ4n) is 1.50. The lowest BCUT2D eigenvalue weighted by molar-refractivity contribution is -0.141. The van der Waals surface area contributed by atoms with E-state index in [1.807, 2.05) is 11.9 Å². The first kappa shape index (κ1) is 9.44. The first-order valence-corrected chi connectivity index (χ1v) is 3.88. The van der Waals surface area contributed by atoms with E-state index in [0.29, 0.717) is 13.2 Å². The molecule has 1 aliphatic heterocycles. The zero-order chi connectivity index (χ0) is 9.30. The van der Waals surface area contributed by atoms with Gasteiger partial charge in [0.05, 0.1) is 12.6 Å². The van der Waals surface area contributed by atoms with Crippen LogP contribution in [0.1, 0.15) is 0 Å². The summed E-state index contributed by atoms with van der Waals surface area (Å²) in [6.07, 6.45) is -0.737. The predicted octanol–water partition coefficient (Wildman–Crippen LogP) is -1.76. The minimum absolute atomic E-state index is 0.444. The minimum atomic E-state index is -0.737. The molecule has 0 spiro atoms. The summed E-state index contributed by atoms with van der Waals surface area (Å²) < 4.78 is 0. The number of primary amides is 1. The Balaban J connectivity index is 2.66. The van der Waals surface area contributed by atoms with Gasteiger partial charge in [-0.05, 0) is 14.1 Å². The van der Waals surface area contributed by atoms with Gasteiger partial charge in [0.2, 0.25) is 5.91 Å². The third-order valence-corrected chi connectivity index (χ3v) is 2.15. The smallest absolute Gasteiger partial charge is 0.225 e. The largest absolute Gasteiger partial charge is 0.377 e. The first-order chi connectivity index (χ1) is 5.52. The van der Waals surface area contributed by atoms with Crippen molar-refractivity contribution in [1.29, 1.82) is 0 Å². The summed E-state index contributed by atoms with van der Waals surface area (Å²) in [5.41, 5.74) is 5.13. The molecule has 0 aliphatic carbocycles. The Labute approximate surface area is 71.7 Å². The summed E-state index contributed by atoms with van der Waals surface area (Å²) >= 11 is 0. The van der Waals surface area contributed by atoms with Crippen LogP contribution in [0.5, 0.6) is 0 Å². The van der Waals surface area contributed by atoms with Gasteiger partial charge in [0.25, 0.3) is 0 Å². The van der Waals surface area contributed by atoms with Crippen LogP contribution in [-0.2, 0) is 4.79 Å². The summed E-state index contributed by atoms with van der Waals surface area (Å²) in [7, 11) is 3.65. The molecule has 0 aromatic carbocycles. The van der Waals surface area contributed by atoms with Gasteiger partial charge in [0, 0.05) is 6.54 Å². The lowest BCUT2D eigenvalue weighted by Crippen LogP contribution is -2.56. The Hall–Kier alpha value is -0.650. The highest BCUT2D eigenvalue weighted by Gasteiger charge is 2.33. The molecule has 5 nitrogen and oxygen atoms in total. The summed E-state index contributed by atoms with van der Waals surface area (Å²) in [6.45, 7) is 1.19. The number of hydrogen-bond donors (Lipinski definition) is 2. The van der Waals surface area contributed by atoms with E-state index in [4.69, 9.17) is 5.73 Å². The van der Waals surface area contributed by atoms with Gasteiger partial charge in [-0.2, -0.15) is 0 Å². The van der Waals surface area contributed by atoms with Crippen LogP contribution in [-0.4, -0.2) is 54.4 Å². The van der Waals surface area contributed by atoms with Crippen LogP contribution in [0.4, 0.5) is 0 Å². The van der Waals surface area contributed by atoms with Gasteiger partial charge in [-0.1, -0.05) is 0 Å². The molecule has 0 radical (unpaired) electrons. The Morgan fingerprint density at radius 3 is 2.67 bits per heavy atom. The molecule has 0 aromatic heterocycles. The molecule has 70 valence electrons. The SMILES string of the molecule is CN1CC(C(N)=O)C(O)N(C)C1. The van der Waals surface area contributed by atoms with E-state index < -0.39 is 18.1 Å². The lowest BCUT2D eigenvalue weighted by atomic mass is 10.0. The van der Waals surface area contributed by atoms with Crippen LogP contribution in [0.25, 0.3) is 0 Å². The van der Waals surface area contributed by atoms with Crippen molar-refractivity contribution in [2.24, 2.45) is 11.7 Å². The average molecular weight is 173 g/mol. The van der Waals surface area contributed by atoms with Crippen LogP contribution in [0, 0.1) is 5.92 Å². The standard InChI is InChI=1S/C7H15N3O2/c1-9-3-5(6(8)11)7(12)10(2)4-9/h5,7,12H,3-4H2,1-2H3,(H2,8,11). The van der Waals surface area contributed by atoms with E-state index in [2.05, 4.69) is 0 Å². The van der Waals surface area contributed by atoms with Crippen molar-refractivity contribution in [3.63, 3.8) is 0 Å². The molecule has 1 aliphatic rings. The molecule has 1 fully saturated rings. The molecule has 2 atom stereocenters. The third-order valence-electron chi connectivity index (χ3n) is 2.15. The molecule has 2 unspecified atom stereocenters. The monoisotopic (exact) mass is 173 g/mol. The van der Waals surface area contributed by atoms with Crippen molar-refractivity contribution >= 4 is 5.91 Å². The Morgan fingerprint density at radius 2 is 2.17 bits per heavy atom. The molecule has 0 saturated carbocycles. The Morgan fingerprint density at radius 1 is 1.58 bits per heavy atom. The molecule has 0 bridgehead atoms. The molecule has 1 heterocycles. The molecule has 5 heteroatoms. The maximum Gasteiger partial charge on any atom is 0.225 e. The normalized spacial score (nSPS) is 33.6. The van der Waals surface area contributed by atoms with Crippen molar-refractivity contribution in [2.45, 2.75) is 6.23 Å². The van der Waals surface area contributed by atoms with Gasteiger partial charge in [0.15, 0.2) is 0 Å². The Bertz CT molecular complexity index is 185. The van der Waals surface area contributed by atoms with Crippen LogP contribution < -0.4 is 5.73 Å². The molecule has 3 N–H and O–H groups in total. The fourth-order valence-corrected chi connectivity index (χ4v) is 1.50. The molecule has 1 rings (SSSR count). The van der Waals surface area contributed by atoms with Crippen molar-refractivity contribution in [1.82, 2.24) is 9.80 Å². The predicted molar refractivity (Wildman–Crippen MR) is 44.0 cm³/mol. The second-order valence-electron chi connectivity index (χ2n) is 3.36. The van der Waals surface area contributed by atoms with E-state index >= 15 is 0 Å². The van der Waals surface area contributed by atoms with E-state index in [-0.39, 0.29) is 0 Å². The number of nitrogens with zero attached hydrogens (tertiary/aromatic N) is 2. The molecule has 0 aromatic rings. The second kappa shape index (κ2) is 3.38. The highest BCUT2D eigenvalue weighted by molar-refractivity contribution is 5.77. The van der Waals surface area contributed by atoms with Gasteiger partial charge >= 0.3 is 0 Å². The van der Waals surface area contributed by atoms with Gasteiger partial charge in [0.1, 0.15) is 6.23 Å². The maximum absolute atomic E-state index is 10.9. The van der Waals surface area contributed by atoms with Crippen LogP contribution in [0.15, 0.2) is 0 Å². The number of carbonyl (C=O) groups is 1. The summed E-state index contributed by atoms with van der Waals surface area (Å²) in [6, 6.07) is 0. The highest BCUT2D eigenvalue weighted by atomic mass is 16.3. The van der Waals surface area contributed by atoms with E-state index in [1.165, 1.54) is 0 Å². The maximum atomic E-state index is 10.9. The van der Waals surface area contributed by atoms with Gasteiger partial charge in [-0.15, -0.1) is 0 Å². The number of aliphatic hydroxyl groups is 1. The van der Waals surface area contributed by atoms with Gasteiger partial charge < -0.3 is 10.8 Å².